The van der Waals surface area contributed by atoms with Gasteiger partial charge in [0.2, 0.25) is 0 Å². The molecule has 8 rings (SSSR count). The van der Waals surface area contributed by atoms with Crippen molar-refractivity contribution in [3.8, 4) is 5.75 Å². The van der Waals surface area contributed by atoms with Crippen LogP contribution in [0.4, 0.5) is 10.5 Å². The van der Waals surface area contributed by atoms with Gasteiger partial charge in [0.15, 0.2) is 0 Å². The standard InChI is InChI=1S/C34H29I3N2O4/c35-25-5-1-19(2-6-25)18-43-30-28(36)13-20(14-29(30)37)12-27-31(40)38-33(42)39(32(27)41)26-7-3-24(4-8-26)34-15-21-9-22(16-34)11-23(10-21)17-34/h1-8,12-14,21-23H,9-11,15-18H2,(H,38,40,42)/b27-12+. The van der Waals surface area contributed by atoms with Gasteiger partial charge in [0, 0.05) is 3.57 Å². The first-order valence-corrected chi connectivity index (χ1v) is 17.8. The van der Waals surface area contributed by atoms with Gasteiger partial charge in [0.05, 0.1) is 12.8 Å². The van der Waals surface area contributed by atoms with Gasteiger partial charge in [-0.1, -0.05) is 24.3 Å². The van der Waals surface area contributed by atoms with Gasteiger partial charge in [-0.3, -0.25) is 14.9 Å². The topological polar surface area (TPSA) is 75.7 Å². The van der Waals surface area contributed by atoms with Crippen molar-refractivity contribution in [2.24, 2.45) is 17.8 Å². The summed E-state index contributed by atoms with van der Waals surface area (Å²) >= 11 is 6.69. The number of nitrogens with zero attached hydrogens (tertiary/aromatic N) is 1. The molecule has 220 valence electrons. The van der Waals surface area contributed by atoms with Crippen molar-refractivity contribution in [2.45, 2.75) is 50.5 Å². The Morgan fingerprint density at radius 3 is 2.00 bits per heavy atom. The number of barbiturate groups is 1. The predicted octanol–water partition coefficient (Wildman–Crippen LogP) is 8.21. The lowest BCUT2D eigenvalue weighted by molar-refractivity contribution is -0.122. The molecule has 0 spiro atoms. The van der Waals surface area contributed by atoms with Crippen LogP contribution >= 0.6 is 67.8 Å². The van der Waals surface area contributed by atoms with Gasteiger partial charge in [-0.15, -0.1) is 0 Å². The molecule has 0 radical (unpaired) electrons. The molecule has 5 aliphatic rings. The lowest BCUT2D eigenvalue weighted by atomic mass is 9.48. The molecule has 3 aromatic rings. The summed E-state index contributed by atoms with van der Waals surface area (Å²) in [5.41, 5.74) is 3.69. The summed E-state index contributed by atoms with van der Waals surface area (Å²) in [6.45, 7) is 0.434. The first-order chi connectivity index (χ1) is 20.7. The second-order valence-electron chi connectivity index (χ2n) is 12.4. The molecule has 3 aromatic carbocycles. The average molecular weight is 910 g/mol. The van der Waals surface area contributed by atoms with Crippen LogP contribution in [0, 0.1) is 28.5 Å². The number of carbonyl (C=O) groups is 3. The number of benzene rings is 3. The van der Waals surface area contributed by atoms with Crippen molar-refractivity contribution in [2.75, 3.05) is 4.90 Å². The van der Waals surface area contributed by atoms with Crippen LogP contribution in [0.25, 0.3) is 6.08 Å². The van der Waals surface area contributed by atoms with Crippen LogP contribution in [-0.2, 0) is 21.6 Å². The minimum Gasteiger partial charge on any atom is -0.487 e. The second kappa shape index (κ2) is 11.7. The summed E-state index contributed by atoms with van der Waals surface area (Å²) in [5, 5.41) is 2.36. The molecule has 0 aromatic heterocycles. The Hall–Kier alpha value is -2.00. The normalized spacial score (nSPS) is 27.1. The van der Waals surface area contributed by atoms with Crippen molar-refractivity contribution in [1.82, 2.24) is 5.32 Å². The van der Waals surface area contributed by atoms with E-state index >= 15 is 0 Å². The van der Waals surface area contributed by atoms with Crippen molar-refractivity contribution < 1.29 is 19.1 Å². The van der Waals surface area contributed by atoms with Gasteiger partial charge in [-0.2, -0.15) is 0 Å². The molecule has 0 unspecified atom stereocenters. The summed E-state index contributed by atoms with van der Waals surface area (Å²) in [6, 6.07) is 19.1. The molecule has 5 fully saturated rings. The molecule has 1 aliphatic heterocycles. The molecule has 1 N–H and O–H groups in total. The number of hydrogen-bond acceptors (Lipinski definition) is 4. The number of urea groups is 1. The maximum atomic E-state index is 13.6. The summed E-state index contributed by atoms with van der Waals surface area (Å²) in [7, 11) is 0. The third-order valence-corrected chi connectivity index (χ3v) is 11.8. The molecule has 0 atom stereocenters. The first kappa shape index (κ1) is 29.7. The third-order valence-electron chi connectivity index (χ3n) is 9.51. The Morgan fingerprint density at radius 1 is 0.837 bits per heavy atom. The molecule has 43 heavy (non-hydrogen) atoms. The van der Waals surface area contributed by atoms with Crippen LogP contribution in [0.2, 0.25) is 0 Å². The Bertz CT molecular complexity index is 1610. The van der Waals surface area contributed by atoms with Gasteiger partial charge in [0.1, 0.15) is 17.9 Å². The highest BCUT2D eigenvalue weighted by molar-refractivity contribution is 14.1. The van der Waals surface area contributed by atoms with E-state index in [-0.39, 0.29) is 11.0 Å². The summed E-state index contributed by atoms with van der Waals surface area (Å²) in [4.78, 5) is 40.5. The maximum Gasteiger partial charge on any atom is 0.335 e. The smallest absolute Gasteiger partial charge is 0.335 e. The van der Waals surface area contributed by atoms with Crippen LogP contribution in [0.5, 0.6) is 5.75 Å². The van der Waals surface area contributed by atoms with E-state index in [0.29, 0.717) is 17.9 Å². The summed E-state index contributed by atoms with van der Waals surface area (Å²) in [6.07, 6.45) is 9.42. The minimum atomic E-state index is -0.724. The third kappa shape index (κ3) is 5.78. The van der Waals surface area contributed by atoms with Gasteiger partial charge in [0.25, 0.3) is 11.8 Å². The highest BCUT2D eigenvalue weighted by atomic mass is 127. The van der Waals surface area contributed by atoms with E-state index in [1.165, 1.54) is 47.7 Å². The van der Waals surface area contributed by atoms with E-state index in [2.05, 4.69) is 85.2 Å². The molecule has 9 heteroatoms. The summed E-state index contributed by atoms with van der Waals surface area (Å²) in [5.74, 6) is 1.93. The van der Waals surface area contributed by atoms with E-state index in [9.17, 15) is 14.4 Å². The predicted molar refractivity (Wildman–Crippen MR) is 191 cm³/mol. The number of imide groups is 2. The monoisotopic (exact) mass is 910 g/mol. The highest BCUT2D eigenvalue weighted by Gasteiger charge is 2.51. The fourth-order valence-corrected chi connectivity index (χ4v) is 10.5. The van der Waals surface area contributed by atoms with E-state index in [4.69, 9.17) is 4.74 Å². The van der Waals surface area contributed by atoms with Crippen molar-refractivity contribution >= 4 is 97.4 Å². The Balaban J connectivity index is 1.11. The zero-order valence-electron chi connectivity index (χ0n) is 23.2. The fourth-order valence-electron chi connectivity index (χ4n) is 8.02. The van der Waals surface area contributed by atoms with Crippen LogP contribution in [0.1, 0.15) is 55.2 Å². The number of hydrogen-bond donors (Lipinski definition) is 1. The summed E-state index contributed by atoms with van der Waals surface area (Å²) < 4.78 is 9.00. The Morgan fingerprint density at radius 2 is 1.42 bits per heavy atom. The second-order valence-corrected chi connectivity index (χ2v) is 16.0. The van der Waals surface area contributed by atoms with Gasteiger partial charge < -0.3 is 4.74 Å². The molecule has 4 amide bonds. The largest absolute Gasteiger partial charge is 0.487 e. The number of nitrogens with one attached hydrogen (secondary N) is 1. The molecule has 4 saturated carbocycles. The molecule has 4 bridgehead atoms. The number of ether oxygens (including phenoxy) is 1. The maximum absolute atomic E-state index is 13.6. The van der Waals surface area contributed by atoms with Crippen LogP contribution in [0.3, 0.4) is 0 Å². The lowest BCUT2D eigenvalue weighted by Gasteiger charge is -2.57. The van der Waals surface area contributed by atoms with Crippen LogP contribution in [-0.4, -0.2) is 17.8 Å². The Labute approximate surface area is 291 Å². The molecular weight excluding hydrogens is 881 g/mol. The number of rotatable bonds is 6. The number of amides is 4. The molecule has 1 heterocycles. The Kier molecular flexibility index (Phi) is 8.11. The van der Waals surface area contributed by atoms with Gasteiger partial charge in [-0.05, 0) is 189 Å². The van der Waals surface area contributed by atoms with E-state index in [0.717, 1.165) is 41.1 Å². The van der Waals surface area contributed by atoms with E-state index in [1.54, 1.807) is 6.08 Å². The number of anilines is 1. The molecule has 4 aliphatic carbocycles. The van der Waals surface area contributed by atoms with E-state index in [1.807, 2.05) is 48.5 Å². The van der Waals surface area contributed by atoms with Crippen LogP contribution in [0.15, 0.2) is 66.2 Å². The number of halogens is 3. The molecule has 6 nitrogen and oxygen atoms in total. The van der Waals surface area contributed by atoms with Crippen molar-refractivity contribution in [3.63, 3.8) is 0 Å². The first-order valence-electron chi connectivity index (χ1n) is 14.6. The zero-order valence-corrected chi connectivity index (χ0v) is 29.7. The number of carbonyl (C=O) groups excluding carboxylic acids is 3. The van der Waals surface area contributed by atoms with Gasteiger partial charge in [-0.25, -0.2) is 9.69 Å². The van der Waals surface area contributed by atoms with Crippen molar-refractivity contribution in [3.05, 3.63) is 93.6 Å². The zero-order chi connectivity index (χ0) is 29.9. The van der Waals surface area contributed by atoms with E-state index < -0.39 is 17.8 Å². The quantitative estimate of drug-likeness (QED) is 0.154. The average Bonchev–Trinajstić information content (AvgIpc) is 2.95. The van der Waals surface area contributed by atoms with Crippen LogP contribution < -0.4 is 15.0 Å². The van der Waals surface area contributed by atoms with Crippen molar-refractivity contribution in [1.29, 1.82) is 0 Å². The fraction of sp³-hybridized carbons (Fsp3) is 0.324. The minimum absolute atomic E-state index is 0.0797. The van der Waals surface area contributed by atoms with Gasteiger partial charge >= 0.3 is 6.03 Å². The molecule has 1 saturated heterocycles. The lowest BCUT2D eigenvalue weighted by Crippen LogP contribution is -2.54. The SMILES string of the molecule is O=C1NC(=O)N(c2ccc(C34CC5CC(CC(C5)C3)C4)cc2)C(=O)/C1=C/c1cc(I)c(OCc2ccc(I)cc2)c(I)c1. The highest BCUT2D eigenvalue weighted by Crippen LogP contribution is 2.60. The molecular formula is C34H29I3N2O4.